The summed E-state index contributed by atoms with van der Waals surface area (Å²) < 4.78 is 4.92. The lowest BCUT2D eigenvalue weighted by Crippen LogP contribution is -2.07. The molecule has 0 saturated carbocycles. The first kappa shape index (κ1) is 16.5. The molecule has 0 aromatic heterocycles. The average Bonchev–Trinajstić information content (AvgIpc) is 2.51. The Morgan fingerprint density at radius 2 is 1.83 bits per heavy atom. The molecule has 0 saturated heterocycles. The van der Waals surface area contributed by atoms with Crippen LogP contribution in [0.1, 0.15) is 28.4 Å². The first-order chi connectivity index (χ1) is 11.0. The zero-order valence-corrected chi connectivity index (χ0v) is 13.1. The second kappa shape index (κ2) is 7.45. The molecule has 2 aromatic carbocycles. The maximum absolute atomic E-state index is 11.4. The highest BCUT2D eigenvalue weighted by Gasteiger charge is 2.07. The van der Waals surface area contributed by atoms with Crippen LogP contribution in [0.3, 0.4) is 0 Å². The summed E-state index contributed by atoms with van der Waals surface area (Å²) in [6.45, 7) is 4.01. The minimum Gasteiger partial charge on any atom is -0.478 e. The number of ether oxygens (including phenoxy) is 1. The van der Waals surface area contributed by atoms with Crippen molar-refractivity contribution in [2.45, 2.75) is 20.3 Å². The molecule has 0 spiro atoms. The Morgan fingerprint density at radius 1 is 1.13 bits per heavy atom. The van der Waals surface area contributed by atoms with Crippen molar-refractivity contribution in [3.63, 3.8) is 0 Å². The fourth-order valence-corrected chi connectivity index (χ4v) is 2.18. The molecule has 120 valence electrons. The molecular weight excluding hydrogens is 294 g/mol. The fourth-order valence-electron chi connectivity index (χ4n) is 2.18. The van der Waals surface area contributed by atoms with E-state index in [9.17, 15) is 9.59 Å². The molecule has 5 nitrogen and oxygen atoms in total. The molecule has 23 heavy (non-hydrogen) atoms. The normalized spacial score (nSPS) is 10.2. The Kier molecular flexibility index (Phi) is 5.36. The van der Waals surface area contributed by atoms with Crippen molar-refractivity contribution >= 4 is 23.3 Å². The Bertz CT molecular complexity index is 707. The maximum Gasteiger partial charge on any atom is 0.335 e. The molecular formula is C18H19NO4. The van der Waals surface area contributed by atoms with Gasteiger partial charge in [-0.3, -0.25) is 4.79 Å². The van der Waals surface area contributed by atoms with Gasteiger partial charge in [-0.2, -0.15) is 0 Å². The summed E-state index contributed by atoms with van der Waals surface area (Å²) in [5.74, 6) is -1.18. The van der Waals surface area contributed by atoms with Gasteiger partial charge >= 0.3 is 11.9 Å². The van der Waals surface area contributed by atoms with Gasteiger partial charge in [0.25, 0.3) is 0 Å². The lowest BCUT2D eigenvalue weighted by molar-refractivity contribution is -0.142. The number of anilines is 2. The van der Waals surface area contributed by atoms with Crippen LogP contribution in [0, 0.1) is 6.92 Å². The number of carbonyl (C=O) groups is 2. The van der Waals surface area contributed by atoms with Gasteiger partial charge in [0.05, 0.1) is 18.6 Å². The van der Waals surface area contributed by atoms with Gasteiger partial charge in [0, 0.05) is 11.4 Å². The zero-order valence-electron chi connectivity index (χ0n) is 13.1. The number of hydrogen-bond donors (Lipinski definition) is 2. The first-order valence-electron chi connectivity index (χ1n) is 7.35. The number of carbonyl (C=O) groups excluding carboxylic acids is 1. The number of carboxylic acids is 1. The highest BCUT2D eigenvalue weighted by Crippen LogP contribution is 2.22. The van der Waals surface area contributed by atoms with E-state index in [1.807, 2.05) is 31.2 Å². The van der Waals surface area contributed by atoms with Crippen LogP contribution in [-0.4, -0.2) is 23.7 Å². The number of esters is 1. The van der Waals surface area contributed by atoms with Gasteiger partial charge in [0.2, 0.25) is 0 Å². The minimum atomic E-state index is -0.942. The second-order valence-electron chi connectivity index (χ2n) is 5.14. The zero-order chi connectivity index (χ0) is 16.8. The van der Waals surface area contributed by atoms with Crippen LogP contribution in [0.4, 0.5) is 11.4 Å². The molecule has 2 N–H and O–H groups in total. The highest BCUT2D eigenvalue weighted by molar-refractivity contribution is 5.88. The lowest BCUT2D eigenvalue weighted by atomic mass is 10.1. The average molecular weight is 313 g/mol. The third-order valence-electron chi connectivity index (χ3n) is 3.36. The Balaban J connectivity index is 2.06. The van der Waals surface area contributed by atoms with Crippen LogP contribution < -0.4 is 5.32 Å². The summed E-state index contributed by atoms with van der Waals surface area (Å²) >= 11 is 0. The molecule has 0 bridgehead atoms. The third kappa shape index (κ3) is 4.57. The predicted molar refractivity (Wildman–Crippen MR) is 88.2 cm³/mol. The largest absolute Gasteiger partial charge is 0.478 e. The summed E-state index contributed by atoms with van der Waals surface area (Å²) in [5.41, 5.74) is 3.70. The van der Waals surface area contributed by atoms with Gasteiger partial charge in [0.1, 0.15) is 0 Å². The molecule has 0 unspecified atom stereocenters. The summed E-state index contributed by atoms with van der Waals surface area (Å²) in [6, 6.07) is 12.4. The van der Waals surface area contributed by atoms with Gasteiger partial charge in [-0.15, -0.1) is 0 Å². The SMILES string of the molecule is CCOC(=O)Cc1ccc(Nc2ccc(C(=O)O)cc2C)cc1. The van der Waals surface area contributed by atoms with Gasteiger partial charge in [0.15, 0.2) is 0 Å². The molecule has 2 rings (SSSR count). The topological polar surface area (TPSA) is 75.6 Å². The molecule has 0 atom stereocenters. The van der Waals surface area contributed by atoms with E-state index in [4.69, 9.17) is 9.84 Å². The second-order valence-corrected chi connectivity index (χ2v) is 5.14. The molecule has 0 radical (unpaired) electrons. The van der Waals surface area contributed by atoms with Gasteiger partial charge in [-0.1, -0.05) is 12.1 Å². The summed E-state index contributed by atoms with van der Waals surface area (Å²) in [5, 5.41) is 12.2. The molecule has 0 fully saturated rings. The summed E-state index contributed by atoms with van der Waals surface area (Å²) in [7, 11) is 0. The standard InChI is InChI=1S/C18H19NO4/c1-3-23-17(20)11-13-4-7-15(8-5-13)19-16-9-6-14(18(21)22)10-12(16)2/h4-10,19H,3,11H2,1-2H3,(H,21,22). The van der Waals surface area contributed by atoms with Crippen molar-refractivity contribution in [3.05, 3.63) is 59.2 Å². The van der Waals surface area contributed by atoms with Crippen molar-refractivity contribution in [2.75, 3.05) is 11.9 Å². The van der Waals surface area contributed by atoms with Gasteiger partial charge in [-0.25, -0.2) is 4.79 Å². The number of hydrogen-bond acceptors (Lipinski definition) is 4. The van der Waals surface area contributed by atoms with E-state index in [-0.39, 0.29) is 18.0 Å². The highest BCUT2D eigenvalue weighted by atomic mass is 16.5. The molecule has 0 amide bonds. The fraction of sp³-hybridized carbons (Fsp3) is 0.222. The number of aromatic carboxylic acids is 1. The van der Waals surface area contributed by atoms with E-state index in [1.54, 1.807) is 25.1 Å². The molecule has 0 aliphatic carbocycles. The minimum absolute atomic E-state index is 0.242. The molecule has 0 aliphatic rings. The molecule has 0 aliphatic heterocycles. The molecule has 2 aromatic rings. The Morgan fingerprint density at radius 3 is 2.39 bits per heavy atom. The van der Waals surface area contributed by atoms with Crippen molar-refractivity contribution in [3.8, 4) is 0 Å². The van der Waals surface area contributed by atoms with Crippen LogP contribution in [0.5, 0.6) is 0 Å². The first-order valence-corrected chi connectivity index (χ1v) is 7.35. The van der Waals surface area contributed by atoms with E-state index in [2.05, 4.69) is 5.32 Å². The van der Waals surface area contributed by atoms with Crippen molar-refractivity contribution in [1.82, 2.24) is 0 Å². The van der Waals surface area contributed by atoms with E-state index in [0.717, 1.165) is 22.5 Å². The van der Waals surface area contributed by atoms with Crippen molar-refractivity contribution < 1.29 is 19.4 Å². The number of benzene rings is 2. The Hall–Kier alpha value is -2.82. The summed E-state index contributed by atoms with van der Waals surface area (Å²) in [6.07, 6.45) is 0.250. The number of rotatable bonds is 6. The lowest BCUT2D eigenvalue weighted by Gasteiger charge is -2.11. The monoisotopic (exact) mass is 313 g/mol. The van der Waals surface area contributed by atoms with E-state index >= 15 is 0 Å². The van der Waals surface area contributed by atoms with Crippen LogP contribution in [0.2, 0.25) is 0 Å². The molecule has 5 heteroatoms. The summed E-state index contributed by atoms with van der Waals surface area (Å²) in [4.78, 5) is 22.4. The van der Waals surface area contributed by atoms with Crippen LogP contribution in [0.15, 0.2) is 42.5 Å². The number of nitrogens with one attached hydrogen (secondary N) is 1. The van der Waals surface area contributed by atoms with E-state index < -0.39 is 5.97 Å². The van der Waals surface area contributed by atoms with E-state index in [0.29, 0.717) is 6.61 Å². The Labute approximate surface area is 134 Å². The number of carboxylic acid groups (broad SMARTS) is 1. The quantitative estimate of drug-likeness (QED) is 0.798. The van der Waals surface area contributed by atoms with Crippen LogP contribution in [-0.2, 0) is 16.0 Å². The number of aryl methyl sites for hydroxylation is 1. The van der Waals surface area contributed by atoms with Gasteiger partial charge < -0.3 is 15.2 Å². The molecule has 0 heterocycles. The van der Waals surface area contributed by atoms with Crippen molar-refractivity contribution in [2.24, 2.45) is 0 Å². The van der Waals surface area contributed by atoms with E-state index in [1.165, 1.54) is 0 Å². The third-order valence-corrected chi connectivity index (χ3v) is 3.36. The van der Waals surface area contributed by atoms with Crippen molar-refractivity contribution in [1.29, 1.82) is 0 Å². The van der Waals surface area contributed by atoms with Crippen LogP contribution >= 0.6 is 0 Å². The maximum atomic E-state index is 11.4. The van der Waals surface area contributed by atoms with Crippen LogP contribution in [0.25, 0.3) is 0 Å². The van der Waals surface area contributed by atoms with Gasteiger partial charge in [-0.05, 0) is 55.3 Å². The predicted octanol–water partition coefficient (Wildman–Crippen LogP) is 3.54. The smallest absolute Gasteiger partial charge is 0.335 e.